The fourth-order valence-corrected chi connectivity index (χ4v) is 3.07. The van der Waals surface area contributed by atoms with E-state index in [0.717, 1.165) is 5.56 Å². The van der Waals surface area contributed by atoms with Crippen LogP contribution in [-0.2, 0) is 7.05 Å². The van der Waals surface area contributed by atoms with Crippen LogP contribution in [0.25, 0.3) is 0 Å². The van der Waals surface area contributed by atoms with Crippen LogP contribution in [-0.4, -0.2) is 34.1 Å². The van der Waals surface area contributed by atoms with Crippen LogP contribution in [0.4, 0.5) is 5.69 Å². The Labute approximate surface area is 173 Å². The topological polar surface area (TPSA) is 109 Å². The number of hydrogen-bond donors (Lipinski definition) is 1. The smallest absolute Gasteiger partial charge is 0.311 e. The molecule has 1 heterocycles. The molecule has 1 amide bonds. The highest BCUT2D eigenvalue weighted by molar-refractivity contribution is 5.95. The van der Waals surface area contributed by atoms with Gasteiger partial charge in [-0.25, -0.2) is 4.98 Å². The van der Waals surface area contributed by atoms with Crippen molar-refractivity contribution in [2.75, 3.05) is 13.7 Å². The highest BCUT2D eigenvalue weighted by Crippen LogP contribution is 2.29. The molecule has 0 spiro atoms. The second kappa shape index (κ2) is 9.08. The van der Waals surface area contributed by atoms with E-state index in [4.69, 9.17) is 9.47 Å². The van der Waals surface area contributed by atoms with Crippen molar-refractivity contribution < 1.29 is 19.2 Å². The fourth-order valence-electron chi connectivity index (χ4n) is 3.07. The molecule has 1 N–H and O–H groups in total. The van der Waals surface area contributed by atoms with Gasteiger partial charge in [-0.1, -0.05) is 12.1 Å². The summed E-state index contributed by atoms with van der Waals surface area (Å²) in [5.74, 6) is 0.888. The Hall–Kier alpha value is -3.88. The van der Waals surface area contributed by atoms with Crippen LogP contribution in [0.15, 0.2) is 54.9 Å². The van der Waals surface area contributed by atoms with Crippen molar-refractivity contribution in [1.29, 1.82) is 0 Å². The van der Waals surface area contributed by atoms with E-state index in [-0.39, 0.29) is 23.6 Å². The summed E-state index contributed by atoms with van der Waals surface area (Å²) in [4.78, 5) is 28.2. The predicted octanol–water partition coefficient (Wildman–Crippen LogP) is 3.26. The van der Waals surface area contributed by atoms with Crippen molar-refractivity contribution in [1.82, 2.24) is 14.9 Å². The summed E-state index contributed by atoms with van der Waals surface area (Å²) in [6.07, 6.45) is 3.41. The van der Waals surface area contributed by atoms with Crippen LogP contribution in [0.1, 0.15) is 34.7 Å². The normalized spacial score (nSPS) is 11.6. The zero-order chi connectivity index (χ0) is 21.7. The molecule has 0 aliphatic heterocycles. The van der Waals surface area contributed by atoms with Gasteiger partial charge in [-0.15, -0.1) is 0 Å². The molecular weight excluding hydrogens is 388 g/mol. The van der Waals surface area contributed by atoms with E-state index < -0.39 is 16.9 Å². The number of hydrogen-bond acceptors (Lipinski definition) is 6. The molecule has 0 radical (unpaired) electrons. The molecule has 0 aliphatic rings. The van der Waals surface area contributed by atoms with E-state index in [1.165, 1.54) is 18.2 Å². The van der Waals surface area contributed by atoms with Crippen molar-refractivity contribution in [3.05, 3.63) is 81.9 Å². The first-order chi connectivity index (χ1) is 14.4. The summed E-state index contributed by atoms with van der Waals surface area (Å²) in [5.41, 5.74) is 0.643. The second-order valence-corrected chi connectivity index (χ2v) is 6.45. The van der Waals surface area contributed by atoms with Gasteiger partial charge in [0.2, 0.25) is 0 Å². The van der Waals surface area contributed by atoms with Crippen LogP contribution in [0.2, 0.25) is 0 Å². The van der Waals surface area contributed by atoms with E-state index in [1.54, 1.807) is 43.1 Å². The van der Waals surface area contributed by atoms with E-state index >= 15 is 0 Å². The Bertz CT molecular complexity index is 1060. The van der Waals surface area contributed by atoms with Crippen LogP contribution in [0.3, 0.4) is 0 Å². The van der Waals surface area contributed by atoms with Gasteiger partial charge in [0.25, 0.3) is 5.91 Å². The van der Waals surface area contributed by atoms with Crippen molar-refractivity contribution in [3.63, 3.8) is 0 Å². The number of nitro groups is 1. The molecule has 0 saturated heterocycles. The number of amides is 1. The number of carbonyl (C=O) groups excluding carboxylic acids is 1. The first-order valence-corrected chi connectivity index (χ1v) is 9.27. The first-order valence-electron chi connectivity index (χ1n) is 9.27. The van der Waals surface area contributed by atoms with Crippen LogP contribution in [0, 0.1) is 10.1 Å². The monoisotopic (exact) mass is 410 g/mol. The number of rotatable bonds is 8. The second-order valence-electron chi connectivity index (χ2n) is 6.45. The Morgan fingerprint density at radius 1 is 1.30 bits per heavy atom. The van der Waals surface area contributed by atoms with Crippen LogP contribution < -0.4 is 14.8 Å². The lowest BCUT2D eigenvalue weighted by atomic mass is 10.0. The quantitative estimate of drug-likeness (QED) is 0.451. The van der Waals surface area contributed by atoms with Gasteiger partial charge in [-0.3, -0.25) is 14.9 Å². The fraction of sp³-hybridized carbons (Fsp3) is 0.238. The molecule has 0 aliphatic carbocycles. The first kappa shape index (κ1) is 20.8. The van der Waals surface area contributed by atoms with Gasteiger partial charge in [0, 0.05) is 31.1 Å². The third-order valence-corrected chi connectivity index (χ3v) is 4.54. The number of aromatic nitrogens is 2. The number of methoxy groups -OCH3 is 1. The van der Waals surface area contributed by atoms with Gasteiger partial charge < -0.3 is 19.4 Å². The highest BCUT2D eigenvalue weighted by atomic mass is 16.6. The number of nitrogens with one attached hydrogen (secondary N) is 1. The van der Waals surface area contributed by atoms with E-state index in [0.29, 0.717) is 11.6 Å². The zero-order valence-corrected chi connectivity index (χ0v) is 16.9. The number of benzene rings is 2. The Kier molecular flexibility index (Phi) is 6.31. The van der Waals surface area contributed by atoms with Crippen molar-refractivity contribution in [3.8, 4) is 11.5 Å². The van der Waals surface area contributed by atoms with E-state index in [9.17, 15) is 14.9 Å². The van der Waals surface area contributed by atoms with Gasteiger partial charge in [-0.2, -0.15) is 0 Å². The maximum absolute atomic E-state index is 13.0. The average molecular weight is 410 g/mol. The molecule has 0 bridgehead atoms. The van der Waals surface area contributed by atoms with E-state index in [1.807, 2.05) is 19.2 Å². The Morgan fingerprint density at radius 3 is 2.73 bits per heavy atom. The average Bonchev–Trinajstić information content (AvgIpc) is 3.17. The third-order valence-electron chi connectivity index (χ3n) is 4.54. The minimum Gasteiger partial charge on any atom is -0.497 e. The van der Waals surface area contributed by atoms with Gasteiger partial charge in [-0.05, 0) is 36.8 Å². The minimum atomic E-state index is -0.585. The molecule has 0 saturated carbocycles. The van der Waals surface area contributed by atoms with Crippen molar-refractivity contribution in [2.24, 2.45) is 7.05 Å². The van der Waals surface area contributed by atoms with Gasteiger partial charge in [0.05, 0.1) is 18.6 Å². The molecular formula is C21H22N4O5. The number of aryl methyl sites for hydroxylation is 1. The number of carbonyl (C=O) groups is 1. The lowest BCUT2D eigenvalue weighted by Gasteiger charge is -2.20. The molecule has 3 rings (SSSR count). The minimum absolute atomic E-state index is 0.118. The van der Waals surface area contributed by atoms with Crippen molar-refractivity contribution >= 4 is 11.6 Å². The SMILES string of the molecule is CCOc1ccc(C(=O)N[C@@H](c2cccc(OC)c2)c2nccn2C)cc1[N+](=O)[O-]. The number of ether oxygens (including phenoxy) is 2. The molecule has 0 unspecified atom stereocenters. The van der Waals surface area contributed by atoms with E-state index in [2.05, 4.69) is 10.3 Å². The van der Waals surface area contributed by atoms with Crippen molar-refractivity contribution in [2.45, 2.75) is 13.0 Å². The van der Waals surface area contributed by atoms with Crippen LogP contribution in [0.5, 0.6) is 11.5 Å². The molecule has 9 nitrogen and oxygen atoms in total. The van der Waals surface area contributed by atoms with Gasteiger partial charge in [0.1, 0.15) is 17.6 Å². The standard InChI is InChI=1S/C21H22N4O5/c1-4-30-18-9-8-15(13-17(18)25(27)28)21(26)23-19(20-22-10-11-24(20)2)14-6-5-7-16(12-14)29-3/h5-13,19H,4H2,1-3H3,(H,23,26)/t19-/m0/s1. The Morgan fingerprint density at radius 2 is 2.10 bits per heavy atom. The molecule has 3 aromatic rings. The maximum atomic E-state index is 13.0. The summed E-state index contributed by atoms with van der Waals surface area (Å²) in [7, 11) is 3.38. The summed E-state index contributed by atoms with van der Waals surface area (Å²) < 4.78 is 12.4. The largest absolute Gasteiger partial charge is 0.497 e. The Balaban J connectivity index is 1.97. The highest BCUT2D eigenvalue weighted by Gasteiger charge is 2.24. The summed E-state index contributed by atoms with van der Waals surface area (Å²) in [5, 5.41) is 14.3. The van der Waals surface area contributed by atoms with Gasteiger partial charge in [0.15, 0.2) is 5.75 Å². The zero-order valence-electron chi connectivity index (χ0n) is 16.9. The summed E-state index contributed by atoms with van der Waals surface area (Å²) in [6.45, 7) is 2.01. The summed E-state index contributed by atoms with van der Waals surface area (Å²) >= 11 is 0. The molecule has 2 aromatic carbocycles. The molecule has 9 heteroatoms. The lowest BCUT2D eigenvalue weighted by Crippen LogP contribution is -2.31. The van der Waals surface area contributed by atoms with Gasteiger partial charge >= 0.3 is 5.69 Å². The number of nitrogens with zero attached hydrogens (tertiary/aromatic N) is 3. The molecule has 156 valence electrons. The maximum Gasteiger partial charge on any atom is 0.311 e. The number of imidazole rings is 1. The molecule has 1 atom stereocenters. The summed E-state index contributed by atoms with van der Waals surface area (Å²) in [6, 6.07) is 10.8. The van der Waals surface area contributed by atoms with Crippen LogP contribution >= 0.6 is 0 Å². The predicted molar refractivity (Wildman–Crippen MR) is 110 cm³/mol. The third kappa shape index (κ3) is 4.40. The molecule has 30 heavy (non-hydrogen) atoms. The molecule has 0 fully saturated rings. The number of nitro benzene ring substituents is 1. The lowest BCUT2D eigenvalue weighted by molar-refractivity contribution is -0.385. The molecule has 1 aromatic heterocycles.